The average molecular weight is 381 g/mol. The van der Waals surface area contributed by atoms with Crippen LogP contribution in [-0.4, -0.2) is 0 Å². The van der Waals surface area contributed by atoms with E-state index in [-0.39, 0.29) is 0 Å². The molecular formula is C24H20N3P. The predicted molar refractivity (Wildman–Crippen MR) is 119 cm³/mol. The van der Waals surface area contributed by atoms with E-state index in [2.05, 4.69) is 65.8 Å². The zero-order chi connectivity index (χ0) is 19.0. The minimum Gasteiger partial charge on any atom is -0.218 e. The molecule has 0 amide bonds. The van der Waals surface area contributed by atoms with Gasteiger partial charge < -0.3 is 0 Å². The van der Waals surface area contributed by atoms with Crippen molar-refractivity contribution in [1.29, 1.82) is 0 Å². The Morgan fingerprint density at radius 1 is 0.500 bits per heavy atom. The number of benzene rings is 4. The summed E-state index contributed by atoms with van der Waals surface area (Å²) in [6.45, 7) is 0. The fourth-order valence-electron chi connectivity index (χ4n) is 2.86. The van der Waals surface area contributed by atoms with E-state index in [9.17, 15) is 0 Å². The summed E-state index contributed by atoms with van der Waals surface area (Å²) in [7, 11) is -0.914. The fraction of sp³-hybridized carbons (Fsp3) is 0. The molecule has 0 heterocycles. The van der Waals surface area contributed by atoms with Crippen LogP contribution < -0.4 is 15.4 Å². The Balaban J connectivity index is 1.83. The quantitative estimate of drug-likeness (QED) is 0.221. The SMILES string of the molecule is c1ccc(N=NN(c2ccccc2)P(c2ccccc2)c2ccccc2)cc1. The van der Waals surface area contributed by atoms with Crippen LogP contribution in [0.2, 0.25) is 0 Å². The third-order valence-electron chi connectivity index (χ3n) is 4.18. The van der Waals surface area contributed by atoms with Crippen LogP contribution in [0.1, 0.15) is 0 Å². The first kappa shape index (κ1) is 18.1. The lowest BCUT2D eigenvalue weighted by Gasteiger charge is -2.28. The lowest BCUT2D eigenvalue weighted by molar-refractivity contribution is 1.04. The van der Waals surface area contributed by atoms with Crippen molar-refractivity contribution >= 4 is 30.1 Å². The molecule has 0 fully saturated rings. The summed E-state index contributed by atoms with van der Waals surface area (Å²) in [5.41, 5.74) is 1.85. The van der Waals surface area contributed by atoms with Gasteiger partial charge in [-0.05, 0) is 24.3 Å². The first-order valence-corrected chi connectivity index (χ1v) is 10.4. The van der Waals surface area contributed by atoms with Gasteiger partial charge in [0.2, 0.25) is 0 Å². The topological polar surface area (TPSA) is 28.0 Å². The largest absolute Gasteiger partial charge is 0.218 e. The minimum absolute atomic E-state index is 0.833. The van der Waals surface area contributed by atoms with Gasteiger partial charge in [0.1, 0.15) is 0 Å². The Morgan fingerprint density at radius 2 is 0.929 bits per heavy atom. The highest BCUT2D eigenvalue weighted by atomic mass is 31.1. The van der Waals surface area contributed by atoms with E-state index in [1.54, 1.807) is 0 Å². The first-order chi connectivity index (χ1) is 13.9. The van der Waals surface area contributed by atoms with Crippen LogP contribution in [0, 0.1) is 0 Å². The number of nitrogens with zero attached hydrogens (tertiary/aromatic N) is 3. The van der Waals surface area contributed by atoms with Crippen LogP contribution in [0.15, 0.2) is 132 Å². The van der Waals surface area contributed by atoms with Gasteiger partial charge in [0, 0.05) is 10.6 Å². The lowest BCUT2D eigenvalue weighted by atomic mass is 10.3. The van der Waals surface area contributed by atoms with Gasteiger partial charge in [0.05, 0.1) is 19.4 Å². The molecule has 4 rings (SSSR count). The molecule has 0 radical (unpaired) electrons. The third-order valence-corrected chi connectivity index (χ3v) is 6.44. The molecule has 4 heteroatoms. The van der Waals surface area contributed by atoms with Crippen molar-refractivity contribution < 1.29 is 0 Å². The van der Waals surface area contributed by atoms with Gasteiger partial charge in [-0.15, -0.1) is 5.11 Å². The summed E-state index contributed by atoms with van der Waals surface area (Å²) in [6, 6.07) is 41.1. The van der Waals surface area contributed by atoms with Crippen molar-refractivity contribution in [1.82, 2.24) is 0 Å². The average Bonchev–Trinajstić information content (AvgIpc) is 2.79. The highest BCUT2D eigenvalue weighted by Gasteiger charge is 2.23. The number of rotatable bonds is 6. The summed E-state index contributed by atoms with van der Waals surface area (Å²) in [4.78, 5) is 0. The van der Waals surface area contributed by atoms with Gasteiger partial charge >= 0.3 is 0 Å². The van der Waals surface area contributed by atoms with E-state index in [0.29, 0.717) is 0 Å². The molecule has 0 saturated carbocycles. The highest BCUT2D eigenvalue weighted by molar-refractivity contribution is 7.74. The molecule has 0 N–H and O–H groups in total. The second-order valence-corrected chi connectivity index (χ2v) is 8.17. The van der Waals surface area contributed by atoms with Crippen LogP contribution >= 0.6 is 8.07 Å². The maximum Gasteiger partial charge on any atom is 0.0874 e. The third kappa shape index (κ3) is 4.33. The Bertz CT molecular complexity index is 967. The van der Waals surface area contributed by atoms with Gasteiger partial charge in [0.15, 0.2) is 0 Å². The van der Waals surface area contributed by atoms with Crippen LogP contribution in [0.4, 0.5) is 11.4 Å². The summed E-state index contributed by atoms with van der Waals surface area (Å²) < 4.78 is 2.05. The second kappa shape index (κ2) is 9.07. The van der Waals surface area contributed by atoms with E-state index < -0.39 is 8.07 Å². The molecular weight excluding hydrogens is 361 g/mol. The number of anilines is 1. The van der Waals surface area contributed by atoms with Crippen LogP contribution in [-0.2, 0) is 0 Å². The molecule has 4 aromatic carbocycles. The van der Waals surface area contributed by atoms with Gasteiger partial charge in [0.25, 0.3) is 0 Å². The first-order valence-electron chi connectivity index (χ1n) is 9.14. The fourth-order valence-corrected chi connectivity index (χ4v) is 4.99. The predicted octanol–water partition coefficient (Wildman–Crippen LogP) is 6.24. The standard InChI is InChI=1S/C24H20N3P/c1-5-13-21(14-6-1)25-26-27(22-15-7-2-8-16-22)28(23-17-9-3-10-18-23)24-19-11-4-12-20-24/h1-20H. The Kier molecular flexibility index (Phi) is 5.86. The van der Waals surface area contributed by atoms with Crippen molar-refractivity contribution in [2.45, 2.75) is 0 Å². The van der Waals surface area contributed by atoms with Crippen LogP contribution in [0.25, 0.3) is 0 Å². The Morgan fingerprint density at radius 3 is 1.43 bits per heavy atom. The van der Waals surface area contributed by atoms with E-state index in [4.69, 9.17) is 5.22 Å². The zero-order valence-electron chi connectivity index (χ0n) is 15.3. The number of hydrogen-bond donors (Lipinski definition) is 0. The minimum atomic E-state index is -0.914. The molecule has 0 bridgehead atoms. The zero-order valence-corrected chi connectivity index (χ0v) is 16.2. The van der Waals surface area contributed by atoms with Crippen molar-refractivity contribution in [2.75, 3.05) is 4.78 Å². The van der Waals surface area contributed by atoms with Crippen molar-refractivity contribution in [3.63, 3.8) is 0 Å². The van der Waals surface area contributed by atoms with Crippen LogP contribution in [0.5, 0.6) is 0 Å². The van der Waals surface area contributed by atoms with Gasteiger partial charge in [-0.25, -0.2) is 4.78 Å². The number of hydrogen-bond acceptors (Lipinski definition) is 2. The molecule has 3 nitrogen and oxygen atoms in total. The molecule has 0 saturated heterocycles. The van der Waals surface area contributed by atoms with Gasteiger partial charge in [-0.2, -0.15) is 0 Å². The maximum atomic E-state index is 4.70. The monoisotopic (exact) mass is 381 g/mol. The molecule has 0 aliphatic carbocycles. The van der Waals surface area contributed by atoms with E-state index >= 15 is 0 Å². The summed E-state index contributed by atoms with van der Waals surface area (Å²) in [6.07, 6.45) is 0. The highest BCUT2D eigenvalue weighted by Crippen LogP contribution is 2.42. The van der Waals surface area contributed by atoms with E-state index in [1.165, 1.54) is 10.6 Å². The summed E-state index contributed by atoms with van der Waals surface area (Å²) >= 11 is 0. The van der Waals surface area contributed by atoms with Gasteiger partial charge in [-0.3, -0.25) is 0 Å². The maximum absolute atomic E-state index is 4.70. The Hall–Kier alpha value is -3.29. The molecule has 0 unspecified atom stereocenters. The second-order valence-electron chi connectivity index (χ2n) is 6.13. The molecule has 4 aromatic rings. The van der Waals surface area contributed by atoms with Crippen LogP contribution in [0.3, 0.4) is 0 Å². The number of para-hydroxylation sites is 1. The normalized spacial score (nSPS) is 11.0. The van der Waals surface area contributed by atoms with Crippen molar-refractivity contribution in [2.24, 2.45) is 10.3 Å². The Labute approximate surface area is 166 Å². The van der Waals surface area contributed by atoms with E-state index in [0.717, 1.165) is 11.4 Å². The summed E-state index contributed by atoms with van der Waals surface area (Å²) in [5, 5.41) is 11.7. The lowest BCUT2D eigenvalue weighted by Crippen LogP contribution is -2.24. The van der Waals surface area contributed by atoms with Crippen molar-refractivity contribution in [3.8, 4) is 0 Å². The summed E-state index contributed by atoms with van der Waals surface area (Å²) in [5.74, 6) is 0. The molecule has 136 valence electrons. The van der Waals surface area contributed by atoms with Gasteiger partial charge in [-0.1, -0.05) is 102 Å². The smallest absolute Gasteiger partial charge is 0.0874 e. The van der Waals surface area contributed by atoms with E-state index in [1.807, 2.05) is 65.4 Å². The molecule has 28 heavy (non-hydrogen) atoms. The molecule has 0 aliphatic rings. The van der Waals surface area contributed by atoms with Crippen molar-refractivity contribution in [3.05, 3.63) is 121 Å². The molecule has 0 aromatic heterocycles. The molecule has 0 atom stereocenters. The molecule has 0 spiro atoms. The molecule has 0 aliphatic heterocycles.